The van der Waals surface area contributed by atoms with Crippen molar-refractivity contribution in [3.8, 4) is 5.75 Å². The third kappa shape index (κ3) is 1.96. The Bertz CT molecular complexity index is 552. The molecule has 1 aromatic carbocycles. The van der Waals surface area contributed by atoms with Crippen LogP contribution in [0, 0.1) is 0 Å². The Morgan fingerprint density at radius 1 is 1.56 bits per heavy atom. The Kier molecular flexibility index (Phi) is 2.98. The van der Waals surface area contributed by atoms with Gasteiger partial charge in [0.1, 0.15) is 0 Å². The summed E-state index contributed by atoms with van der Waals surface area (Å²) in [6, 6.07) is 2.80. The lowest BCUT2D eigenvalue weighted by Crippen LogP contribution is -1.98. The van der Waals surface area contributed by atoms with Crippen LogP contribution in [0.25, 0.3) is 10.1 Å². The molecule has 2 rings (SSSR count). The van der Waals surface area contributed by atoms with Crippen molar-refractivity contribution >= 4 is 39.0 Å². The predicted octanol–water partition coefficient (Wildman–Crippen LogP) is 3.45. The van der Waals surface area contributed by atoms with E-state index in [-0.39, 0.29) is 12.2 Å². The first-order valence-corrected chi connectivity index (χ1v) is 5.57. The number of carboxylic acid groups (broad SMARTS) is 1. The third-order valence-electron chi connectivity index (χ3n) is 2.11. The number of benzene rings is 1. The number of aliphatic carboxylic acids is 1. The summed E-state index contributed by atoms with van der Waals surface area (Å²) in [5.41, 5.74) is 0.628. The molecule has 1 aromatic heterocycles. The first-order chi connectivity index (χ1) is 7.61. The van der Waals surface area contributed by atoms with E-state index in [0.29, 0.717) is 20.7 Å². The van der Waals surface area contributed by atoms with E-state index >= 15 is 0 Å². The van der Waals surface area contributed by atoms with Crippen LogP contribution >= 0.6 is 22.9 Å². The molecule has 0 fully saturated rings. The van der Waals surface area contributed by atoms with Crippen molar-refractivity contribution in [2.45, 2.75) is 6.42 Å². The highest BCUT2D eigenvalue weighted by molar-refractivity contribution is 7.17. The Morgan fingerprint density at radius 2 is 2.31 bits per heavy atom. The zero-order valence-corrected chi connectivity index (χ0v) is 9.44. The number of fused-ring (bicyclic) bond motifs is 1. The summed E-state index contributed by atoms with van der Waals surface area (Å²) in [4.78, 5) is 14.2. The van der Waals surface area contributed by atoms with E-state index in [9.17, 15) is 9.32 Å². The lowest BCUT2D eigenvalue weighted by Gasteiger charge is -2.00. The van der Waals surface area contributed by atoms with Crippen molar-refractivity contribution in [3.63, 3.8) is 0 Å². The van der Waals surface area contributed by atoms with E-state index in [2.05, 4.69) is 4.94 Å². The second kappa shape index (κ2) is 4.27. The smallest absolute Gasteiger partial charge is 0.307 e. The Balaban J connectivity index is 2.59. The molecule has 2 aromatic rings. The van der Waals surface area contributed by atoms with Gasteiger partial charge in [-0.2, -0.15) is 0 Å². The average molecular weight is 261 g/mol. The largest absolute Gasteiger partial charge is 0.481 e. The van der Waals surface area contributed by atoms with Crippen LogP contribution in [0.1, 0.15) is 5.56 Å². The molecular formula is C10H6ClFO3S. The molecule has 0 saturated heterocycles. The van der Waals surface area contributed by atoms with Gasteiger partial charge in [0, 0.05) is 26.7 Å². The lowest BCUT2D eigenvalue weighted by atomic mass is 10.1. The molecule has 0 amide bonds. The van der Waals surface area contributed by atoms with Crippen molar-refractivity contribution in [2.24, 2.45) is 0 Å². The molecule has 0 aliphatic heterocycles. The fourth-order valence-electron chi connectivity index (χ4n) is 1.49. The standard InChI is InChI=1S/C10H6ClFO3S/c11-7-2-6(15-12)3-8-10(7)5(4-16-8)1-9(13)14/h2-4H,1H2,(H,13,14). The minimum absolute atomic E-state index is 0.0150. The number of halogens is 2. The molecule has 16 heavy (non-hydrogen) atoms. The van der Waals surface area contributed by atoms with Crippen molar-refractivity contribution in [3.05, 3.63) is 28.1 Å². The van der Waals surface area contributed by atoms with Gasteiger partial charge in [0.2, 0.25) is 0 Å². The van der Waals surface area contributed by atoms with Gasteiger partial charge in [-0.25, -0.2) is 0 Å². The predicted molar refractivity (Wildman–Crippen MR) is 59.9 cm³/mol. The van der Waals surface area contributed by atoms with Gasteiger partial charge >= 0.3 is 5.97 Å². The number of hydrogen-bond donors (Lipinski definition) is 1. The quantitative estimate of drug-likeness (QED) is 0.919. The molecule has 0 unspecified atom stereocenters. The fourth-order valence-corrected chi connectivity index (χ4v) is 2.89. The molecule has 0 radical (unpaired) electrons. The molecule has 1 heterocycles. The molecule has 6 heteroatoms. The SMILES string of the molecule is O=C(O)Cc1csc2cc(OF)cc(Cl)c12. The van der Waals surface area contributed by atoms with E-state index in [1.807, 2.05) is 0 Å². The summed E-state index contributed by atoms with van der Waals surface area (Å²) in [7, 11) is 0. The summed E-state index contributed by atoms with van der Waals surface area (Å²) in [6.07, 6.45) is -0.102. The second-order valence-electron chi connectivity index (χ2n) is 3.19. The van der Waals surface area contributed by atoms with Crippen LogP contribution in [0.2, 0.25) is 5.02 Å². The van der Waals surface area contributed by atoms with Crippen LogP contribution in [0.15, 0.2) is 17.5 Å². The zero-order valence-electron chi connectivity index (χ0n) is 7.87. The van der Waals surface area contributed by atoms with Gasteiger partial charge in [0.15, 0.2) is 5.75 Å². The maximum Gasteiger partial charge on any atom is 0.307 e. The Labute approximate surface area is 98.9 Å². The molecule has 0 spiro atoms. The van der Waals surface area contributed by atoms with Crippen LogP contribution in [0.3, 0.4) is 0 Å². The van der Waals surface area contributed by atoms with E-state index < -0.39 is 5.97 Å². The van der Waals surface area contributed by atoms with Gasteiger partial charge in [-0.15, -0.1) is 11.3 Å². The summed E-state index contributed by atoms with van der Waals surface area (Å²) < 4.78 is 12.7. The number of carboxylic acids is 1. The minimum atomic E-state index is -0.929. The van der Waals surface area contributed by atoms with Crippen LogP contribution in [0.4, 0.5) is 4.53 Å². The highest BCUT2D eigenvalue weighted by Gasteiger charge is 2.13. The third-order valence-corrected chi connectivity index (χ3v) is 3.38. The van der Waals surface area contributed by atoms with E-state index in [1.54, 1.807) is 5.38 Å². The monoisotopic (exact) mass is 260 g/mol. The molecule has 0 aliphatic carbocycles. The van der Waals surface area contributed by atoms with Crippen molar-refractivity contribution in [1.82, 2.24) is 0 Å². The number of carbonyl (C=O) groups is 1. The number of hydrogen-bond acceptors (Lipinski definition) is 3. The van der Waals surface area contributed by atoms with Gasteiger partial charge in [-0.3, -0.25) is 9.74 Å². The van der Waals surface area contributed by atoms with Crippen LogP contribution in [0.5, 0.6) is 5.75 Å². The fraction of sp³-hybridized carbons (Fsp3) is 0.100. The first kappa shape index (κ1) is 11.2. The summed E-state index contributed by atoms with van der Waals surface area (Å²) in [5, 5.41) is 11.4. The topological polar surface area (TPSA) is 46.5 Å². The van der Waals surface area contributed by atoms with Gasteiger partial charge in [0.05, 0.1) is 11.4 Å². The first-order valence-electron chi connectivity index (χ1n) is 4.32. The molecule has 0 saturated carbocycles. The Morgan fingerprint density at radius 3 is 2.94 bits per heavy atom. The molecular weight excluding hydrogens is 255 g/mol. The summed E-state index contributed by atoms with van der Waals surface area (Å²) in [6.45, 7) is 0. The van der Waals surface area contributed by atoms with E-state index in [0.717, 1.165) is 0 Å². The molecule has 3 nitrogen and oxygen atoms in total. The van der Waals surface area contributed by atoms with Crippen molar-refractivity contribution in [2.75, 3.05) is 0 Å². The molecule has 0 atom stereocenters. The zero-order chi connectivity index (χ0) is 11.7. The second-order valence-corrected chi connectivity index (χ2v) is 4.51. The number of thiophene rings is 1. The van der Waals surface area contributed by atoms with Crippen LogP contribution in [-0.4, -0.2) is 11.1 Å². The van der Waals surface area contributed by atoms with Crippen LogP contribution in [-0.2, 0) is 11.2 Å². The molecule has 84 valence electrons. The van der Waals surface area contributed by atoms with Crippen molar-refractivity contribution in [1.29, 1.82) is 0 Å². The van der Waals surface area contributed by atoms with Gasteiger partial charge in [0.25, 0.3) is 0 Å². The molecule has 1 N–H and O–H groups in total. The lowest BCUT2D eigenvalue weighted by molar-refractivity contribution is -0.136. The average Bonchev–Trinajstić information content (AvgIpc) is 2.60. The maximum atomic E-state index is 12.0. The minimum Gasteiger partial charge on any atom is -0.481 e. The van der Waals surface area contributed by atoms with Gasteiger partial charge in [-0.1, -0.05) is 11.6 Å². The van der Waals surface area contributed by atoms with Crippen LogP contribution < -0.4 is 4.94 Å². The highest BCUT2D eigenvalue weighted by Crippen LogP contribution is 2.36. The summed E-state index contributed by atoms with van der Waals surface area (Å²) in [5.74, 6) is -0.914. The number of rotatable bonds is 3. The summed E-state index contributed by atoms with van der Waals surface area (Å²) >= 11 is 7.24. The molecule has 0 aliphatic rings. The maximum absolute atomic E-state index is 12.0. The normalized spacial score (nSPS) is 10.6. The highest BCUT2D eigenvalue weighted by atomic mass is 35.5. The van der Waals surface area contributed by atoms with E-state index in [4.69, 9.17) is 16.7 Å². The van der Waals surface area contributed by atoms with Gasteiger partial charge < -0.3 is 5.11 Å². The van der Waals surface area contributed by atoms with Crippen molar-refractivity contribution < 1.29 is 19.4 Å². The molecule has 0 bridgehead atoms. The Hall–Kier alpha value is -1.33. The van der Waals surface area contributed by atoms with Gasteiger partial charge in [-0.05, 0) is 10.9 Å². The van der Waals surface area contributed by atoms with E-state index in [1.165, 1.54) is 23.5 Å².